The summed E-state index contributed by atoms with van der Waals surface area (Å²) in [5.41, 5.74) is 5.15. The largest absolute Gasteiger partial charge is 0.497 e. The molecule has 9 heteroatoms. The van der Waals surface area contributed by atoms with Crippen molar-refractivity contribution >= 4 is 16.6 Å². The van der Waals surface area contributed by atoms with Crippen LogP contribution in [0.3, 0.4) is 0 Å². The Morgan fingerprint density at radius 1 is 1.00 bits per heavy atom. The lowest BCUT2D eigenvalue weighted by atomic mass is 10.0. The van der Waals surface area contributed by atoms with Crippen LogP contribution < -0.4 is 15.2 Å². The van der Waals surface area contributed by atoms with Crippen molar-refractivity contribution in [2.45, 2.75) is 51.6 Å². The number of piperazine rings is 1. The monoisotopic (exact) mass is 513 g/mol. The van der Waals surface area contributed by atoms with Gasteiger partial charge in [0.15, 0.2) is 5.82 Å². The maximum Gasteiger partial charge on any atom is 0.253 e. The number of aryl methyl sites for hydroxylation is 2. The number of pyridine rings is 1. The topological polar surface area (TPSA) is 92.2 Å². The molecular weight excluding hydrogens is 478 g/mol. The molecule has 0 bridgehead atoms. The van der Waals surface area contributed by atoms with E-state index < -0.39 is 0 Å². The highest BCUT2D eigenvalue weighted by atomic mass is 16.5. The normalized spacial score (nSPS) is 17.8. The quantitative estimate of drug-likeness (QED) is 0.414. The number of benzene rings is 2. The lowest BCUT2D eigenvalue weighted by molar-refractivity contribution is 0.196. The minimum atomic E-state index is -0.332. The number of tetrazole rings is 1. The summed E-state index contributed by atoms with van der Waals surface area (Å²) >= 11 is 0. The van der Waals surface area contributed by atoms with Gasteiger partial charge in [0.25, 0.3) is 5.56 Å². The number of nitrogens with zero attached hydrogens (tertiary/aromatic N) is 6. The third-order valence-electron chi connectivity index (χ3n) is 8.19. The lowest BCUT2D eigenvalue weighted by Gasteiger charge is -2.40. The standard InChI is InChI=1S/C29H35N7O2/c1-19-8-9-20(2)26(16-19)34-12-14-35(15-13-34)27(28-31-32-33-36(28)22-6-4-5-7-22)24-17-21-10-11-23(38-3)18-25(21)30-29(24)37/h8-11,16-18,22,27H,4-7,12-15H2,1-3H3,(H,30,37)/t27-/m1/s1. The molecular formula is C29H35N7O2. The van der Waals surface area contributed by atoms with Crippen LogP contribution in [0.1, 0.15) is 60.3 Å². The summed E-state index contributed by atoms with van der Waals surface area (Å²) in [5, 5.41) is 14.0. The molecule has 2 fully saturated rings. The third kappa shape index (κ3) is 4.55. The Balaban J connectivity index is 1.38. The minimum Gasteiger partial charge on any atom is -0.497 e. The van der Waals surface area contributed by atoms with Gasteiger partial charge < -0.3 is 14.6 Å². The molecule has 38 heavy (non-hydrogen) atoms. The van der Waals surface area contributed by atoms with E-state index in [9.17, 15) is 4.79 Å². The lowest BCUT2D eigenvalue weighted by Crippen LogP contribution is -2.49. The predicted octanol–water partition coefficient (Wildman–Crippen LogP) is 4.17. The SMILES string of the molecule is COc1ccc2cc([C@H](c3nnnn3C3CCCC3)N3CCN(c4cc(C)ccc4C)CC3)c(=O)[nH]c2c1. The van der Waals surface area contributed by atoms with Crippen LogP contribution in [0.25, 0.3) is 10.9 Å². The number of aromatic amines is 1. The number of aromatic nitrogens is 5. The molecule has 2 aliphatic rings. The van der Waals surface area contributed by atoms with Crippen molar-refractivity contribution in [2.75, 3.05) is 38.2 Å². The van der Waals surface area contributed by atoms with Crippen molar-refractivity contribution in [3.63, 3.8) is 0 Å². The molecule has 9 nitrogen and oxygen atoms in total. The Morgan fingerprint density at radius 2 is 1.79 bits per heavy atom. The molecule has 6 rings (SSSR count). The van der Waals surface area contributed by atoms with E-state index in [1.807, 2.05) is 28.9 Å². The van der Waals surface area contributed by atoms with Gasteiger partial charge in [-0.15, -0.1) is 5.10 Å². The van der Waals surface area contributed by atoms with Crippen molar-refractivity contribution in [2.24, 2.45) is 0 Å². The van der Waals surface area contributed by atoms with E-state index in [2.05, 4.69) is 62.4 Å². The average molecular weight is 514 g/mol. The fourth-order valence-corrected chi connectivity index (χ4v) is 6.10. The summed E-state index contributed by atoms with van der Waals surface area (Å²) in [6.45, 7) is 7.65. The first-order chi connectivity index (χ1) is 18.5. The zero-order chi connectivity index (χ0) is 26.2. The molecule has 4 aromatic rings. The fraction of sp³-hybridized carbons (Fsp3) is 0.448. The Bertz CT molecular complexity index is 1500. The second-order valence-corrected chi connectivity index (χ2v) is 10.6. The van der Waals surface area contributed by atoms with Crippen LogP contribution in [0.2, 0.25) is 0 Å². The Labute approximate surface area is 222 Å². The van der Waals surface area contributed by atoms with Crippen LogP contribution in [-0.4, -0.2) is 63.4 Å². The molecule has 1 aliphatic carbocycles. The van der Waals surface area contributed by atoms with Crippen molar-refractivity contribution in [1.82, 2.24) is 30.1 Å². The van der Waals surface area contributed by atoms with Crippen LogP contribution in [0.15, 0.2) is 47.3 Å². The number of hydrogen-bond donors (Lipinski definition) is 1. The molecule has 3 heterocycles. The fourth-order valence-electron chi connectivity index (χ4n) is 6.10. The van der Waals surface area contributed by atoms with E-state index in [1.165, 1.54) is 29.7 Å². The Kier molecular flexibility index (Phi) is 6.61. The third-order valence-corrected chi connectivity index (χ3v) is 8.19. The van der Waals surface area contributed by atoms with Crippen LogP contribution >= 0.6 is 0 Å². The molecule has 1 aliphatic heterocycles. The van der Waals surface area contributed by atoms with Gasteiger partial charge >= 0.3 is 0 Å². The molecule has 198 valence electrons. The van der Waals surface area contributed by atoms with Gasteiger partial charge in [-0.05, 0) is 77.9 Å². The minimum absolute atomic E-state index is 0.117. The highest BCUT2D eigenvalue weighted by Gasteiger charge is 2.35. The van der Waals surface area contributed by atoms with Crippen molar-refractivity contribution < 1.29 is 4.74 Å². The van der Waals surface area contributed by atoms with Gasteiger partial charge in [0.05, 0.1) is 18.7 Å². The van der Waals surface area contributed by atoms with Gasteiger partial charge in [-0.1, -0.05) is 25.0 Å². The van der Waals surface area contributed by atoms with Crippen LogP contribution in [0.5, 0.6) is 5.75 Å². The van der Waals surface area contributed by atoms with E-state index in [0.29, 0.717) is 11.3 Å². The molecule has 1 saturated heterocycles. The number of anilines is 1. The molecule has 2 aromatic heterocycles. The molecule has 0 radical (unpaired) electrons. The highest BCUT2D eigenvalue weighted by Crippen LogP contribution is 2.35. The van der Waals surface area contributed by atoms with E-state index in [0.717, 1.165) is 55.7 Å². The number of H-pyrrole nitrogens is 1. The number of nitrogens with one attached hydrogen (secondary N) is 1. The number of rotatable bonds is 6. The van der Waals surface area contributed by atoms with Gasteiger partial charge in [0.1, 0.15) is 11.8 Å². The molecule has 0 unspecified atom stereocenters. The van der Waals surface area contributed by atoms with E-state index in [1.54, 1.807) is 7.11 Å². The maximum atomic E-state index is 13.6. The molecule has 2 aromatic carbocycles. The van der Waals surface area contributed by atoms with E-state index in [4.69, 9.17) is 4.74 Å². The van der Waals surface area contributed by atoms with Crippen molar-refractivity contribution in [3.8, 4) is 5.75 Å². The predicted molar refractivity (Wildman–Crippen MR) is 148 cm³/mol. The summed E-state index contributed by atoms with van der Waals surface area (Å²) < 4.78 is 7.36. The summed E-state index contributed by atoms with van der Waals surface area (Å²) in [6.07, 6.45) is 4.50. The van der Waals surface area contributed by atoms with E-state index in [-0.39, 0.29) is 17.6 Å². The number of ether oxygens (including phenoxy) is 1. The smallest absolute Gasteiger partial charge is 0.253 e. The first-order valence-corrected chi connectivity index (χ1v) is 13.6. The Morgan fingerprint density at radius 3 is 2.55 bits per heavy atom. The molecule has 1 N–H and O–H groups in total. The molecule has 1 saturated carbocycles. The molecule has 1 atom stereocenters. The summed E-state index contributed by atoms with van der Waals surface area (Å²) in [4.78, 5) is 21.5. The van der Waals surface area contributed by atoms with Gasteiger partial charge in [-0.2, -0.15) is 0 Å². The number of hydrogen-bond acceptors (Lipinski definition) is 7. The van der Waals surface area contributed by atoms with E-state index >= 15 is 0 Å². The zero-order valence-corrected chi connectivity index (χ0v) is 22.4. The highest BCUT2D eigenvalue weighted by molar-refractivity contribution is 5.80. The molecule has 0 amide bonds. The zero-order valence-electron chi connectivity index (χ0n) is 22.4. The summed E-state index contributed by atoms with van der Waals surface area (Å²) in [5.74, 6) is 1.47. The summed E-state index contributed by atoms with van der Waals surface area (Å²) in [7, 11) is 1.63. The maximum absolute atomic E-state index is 13.6. The second-order valence-electron chi connectivity index (χ2n) is 10.6. The summed E-state index contributed by atoms with van der Waals surface area (Å²) in [6, 6.07) is 14.3. The molecule has 0 spiro atoms. The first kappa shape index (κ1) is 24.6. The number of fused-ring (bicyclic) bond motifs is 1. The van der Waals surface area contributed by atoms with Crippen LogP contribution in [0.4, 0.5) is 5.69 Å². The van der Waals surface area contributed by atoms with Gasteiger partial charge in [0.2, 0.25) is 0 Å². The second kappa shape index (κ2) is 10.2. The average Bonchev–Trinajstić information content (AvgIpc) is 3.63. The van der Waals surface area contributed by atoms with Crippen LogP contribution in [-0.2, 0) is 0 Å². The van der Waals surface area contributed by atoms with Gasteiger partial charge in [-0.25, -0.2) is 4.68 Å². The first-order valence-electron chi connectivity index (χ1n) is 13.6. The van der Waals surface area contributed by atoms with Crippen LogP contribution in [0, 0.1) is 13.8 Å². The van der Waals surface area contributed by atoms with Crippen molar-refractivity contribution in [1.29, 1.82) is 0 Å². The number of methoxy groups -OCH3 is 1. The Hall–Kier alpha value is -3.72. The van der Waals surface area contributed by atoms with Gasteiger partial charge in [0, 0.05) is 43.5 Å². The van der Waals surface area contributed by atoms with Crippen molar-refractivity contribution in [3.05, 3.63) is 75.3 Å². The van der Waals surface area contributed by atoms with Gasteiger partial charge in [-0.3, -0.25) is 9.69 Å².